The van der Waals surface area contributed by atoms with Gasteiger partial charge in [0.15, 0.2) is 0 Å². The van der Waals surface area contributed by atoms with Crippen molar-refractivity contribution >= 4 is 43.5 Å². The molecule has 0 aliphatic heterocycles. The molecule has 2 amide bonds. The zero-order chi connectivity index (χ0) is 32.6. The fourth-order valence-electron chi connectivity index (χ4n) is 4.72. The molecule has 45 heavy (non-hydrogen) atoms. The molecule has 4 aromatic carbocycles. The Kier molecular flexibility index (Phi) is 11.1. The number of likely N-dealkylation sites (N-methyl/N-ethyl adjacent to an activating group) is 1. The molecule has 0 saturated heterocycles. The summed E-state index contributed by atoms with van der Waals surface area (Å²) in [5.41, 5.74) is -0.000563. The Bertz CT molecular complexity index is 1700. The molecule has 7 nitrogen and oxygen atoms in total. The van der Waals surface area contributed by atoms with Crippen molar-refractivity contribution in [3.8, 4) is 0 Å². The van der Waals surface area contributed by atoms with Gasteiger partial charge in [-0.15, -0.1) is 0 Å². The highest BCUT2D eigenvalue weighted by molar-refractivity contribution is 9.10. The summed E-state index contributed by atoms with van der Waals surface area (Å²) in [7, 11) is -4.53. The van der Waals surface area contributed by atoms with Crippen molar-refractivity contribution in [2.45, 2.75) is 37.0 Å². The Balaban J connectivity index is 1.82. The summed E-state index contributed by atoms with van der Waals surface area (Å²) >= 11 is 3.38. The average Bonchev–Trinajstić information content (AvgIpc) is 3.03. The molecule has 236 valence electrons. The fourth-order valence-corrected chi connectivity index (χ4v) is 6.41. The van der Waals surface area contributed by atoms with Crippen LogP contribution in [0.5, 0.6) is 0 Å². The lowest BCUT2D eigenvalue weighted by Gasteiger charge is -2.34. The SMILES string of the molecule is CCNC(=O)[C@H](Cc1ccccc1)N(Cc1ccc(Br)cc1)C(=O)CN(c1cccc(C(F)(F)F)c1)S(=O)(=O)c1ccccc1. The minimum Gasteiger partial charge on any atom is -0.355 e. The van der Waals surface area contributed by atoms with Gasteiger partial charge in [-0.2, -0.15) is 13.2 Å². The molecule has 1 atom stereocenters. The molecule has 4 rings (SSSR count). The first-order chi connectivity index (χ1) is 21.4. The number of alkyl halides is 3. The first-order valence-corrected chi connectivity index (χ1v) is 16.2. The van der Waals surface area contributed by atoms with Crippen LogP contribution in [-0.4, -0.2) is 44.3 Å². The van der Waals surface area contributed by atoms with Crippen LogP contribution in [0, 0.1) is 0 Å². The zero-order valence-electron chi connectivity index (χ0n) is 24.2. The number of hydrogen-bond acceptors (Lipinski definition) is 4. The van der Waals surface area contributed by atoms with Crippen LogP contribution in [0.3, 0.4) is 0 Å². The normalized spacial score (nSPS) is 12.3. The minimum atomic E-state index is -4.76. The van der Waals surface area contributed by atoms with E-state index in [9.17, 15) is 31.2 Å². The maximum Gasteiger partial charge on any atom is 0.416 e. The van der Waals surface area contributed by atoms with Crippen LogP contribution >= 0.6 is 15.9 Å². The number of amides is 2. The van der Waals surface area contributed by atoms with Crippen molar-refractivity contribution in [1.82, 2.24) is 10.2 Å². The van der Waals surface area contributed by atoms with Gasteiger partial charge in [-0.1, -0.05) is 82.7 Å². The van der Waals surface area contributed by atoms with Crippen molar-refractivity contribution in [2.24, 2.45) is 0 Å². The lowest BCUT2D eigenvalue weighted by Crippen LogP contribution is -2.53. The Labute approximate surface area is 268 Å². The van der Waals surface area contributed by atoms with Crippen molar-refractivity contribution in [3.63, 3.8) is 0 Å². The van der Waals surface area contributed by atoms with Gasteiger partial charge in [0.1, 0.15) is 12.6 Å². The van der Waals surface area contributed by atoms with E-state index < -0.39 is 46.2 Å². The molecule has 0 aromatic heterocycles. The largest absolute Gasteiger partial charge is 0.416 e. The number of sulfonamides is 1. The van der Waals surface area contributed by atoms with Crippen LogP contribution in [0.2, 0.25) is 0 Å². The van der Waals surface area contributed by atoms with Crippen molar-refractivity contribution in [1.29, 1.82) is 0 Å². The second-order valence-electron chi connectivity index (χ2n) is 10.1. The summed E-state index contributed by atoms with van der Waals surface area (Å²) in [6.45, 7) is 1.09. The molecule has 12 heteroatoms. The summed E-state index contributed by atoms with van der Waals surface area (Å²) in [4.78, 5) is 28.9. The Morgan fingerprint density at radius 1 is 0.844 bits per heavy atom. The number of anilines is 1. The van der Waals surface area contributed by atoms with Crippen LogP contribution < -0.4 is 9.62 Å². The van der Waals surface area contributed by atoms with Gasteiger partial charge in [-0.05, 0) is 60.5 Å². The molecule has 0 fully saturated rings. The number of benzene rings is 4. The number of hydrogen-bond donors (Lipinski definition) is 1. The van der Waals surface area contributed by atoms with E-state index in [-0.39, 0.29) is 30.1 Å². The second-order valence-corrected chi connectivity index (χ2v) is 12.9. The van der Waals surface area contributed by atoms with Gasteiger partial charge < -0.3 is 10.2 Å². The summed E-state index contributed by atoms with van der Waals surface area (Å²) in [6, 6.07) is 26.0. The number of nitrogens with one attached hydrogen (secondary N) is 1. The topological polar surface area (TPSA) is 86.8 Å². The quantitative estimate of drug-likeness (QED) is 0.184. The molecule has 1 N–H and O–H groups in total. The molecule has 0 heterocycles. The highest BCUT2D eigenvalue weighted by Crippen LogP contribution is 2.33. The van der Waals surface area contributed by atoms with E-state index in [0.29, 0.717) is 15.9 Å². The van der Waals surface area contributed by atoms with E-state index in [4.69, 9.17) is 0 Å². The lowest BCUT2D eigenvalue weighted by molar-refractivity contribution is -0.140. The van der Waals surface area contributed by atoms with Crippen molar-refractivity contribution in [3.05, 3.63) is 130 Å². The third kappa shape index (κ3) is 8.73. The third-order valence-electron chi connectivity index (χ3n) is 6.96. The minimum absolute atomic E-state index is 0.0669. The first kappa shape index (κ1) is 33.7. The van der Waals surface area contributed by atoms with Crippen molar-refractivity contribution in [2.75, 3.05) is 17.4 Å². The maximum absolute atomic E-state index is 14.3. The van der Waals surface area contributed by atoms with Crippen LogP contribution in [0.4, 0.5) is 18.9 Å². The Morgan fingerprint density at radius 3 is 2.07 bits per heavy atom. The zero-order valence-corrected chi connectivity index (χ0v) is 26.6. The van der Waals surface area contributed by atoms with Gasteiger partial charge in [0.25, 0.3) is 10.0 Å². The average molecular weight is 703 g/mol. The number of carbonyl (C=O) groups is 2. The van der Waals surface area contributed by atoms with Crippen molar-refractivity contribution < 1.29 is 31.2 Å². The molecule has 0 spiro atoms. The van der Waals surface area contributed by atoms with E-state index in [1.54, 1.807) is 49.4 Å². The third-order valence-corrected chi connectivity index (χ3v) is 9.28. The van der Waals surface area contributed by atoms with Gasteiger partial charge in [0.2, 0.25) is 11.8 Å². The molecule has 0 aliphatic carbocycles. The number of carbonyl (C=O) groups excluding carboxylic acids is 2. The lowest BCUT2D eigenvalue weighted by atomic mass is 10.0. The fraction of sp³-hybridized carbons (Fsp3) is 0.212. The van der Waals surface area contributed by atoms with E-state index in [0.717, 1.165) is 22.2 Å². The number of nitrogens with zero attached hydrogens (tertiary/aromatic N) is 2. The molecule has 0 aliphatic rings. The molecular formula is C33H31BrF3N3O4S. The van der Waals surface area contributed by atoms with Gasteiger partial charge in [0.05, 0.1) is 16.1 Å². The second kappa shape index (κ2) is 14.7. The van der Waals surface area contributed by atoms with E-state index in [2.05, 4.69) is 21.2 Å². The van der Waals surface area contributed by atoms with E-state index in [1.807, 2.05) is 18.2 Å². The highest BCUT2D eigenvalue weighted by atomic mass is 79.9. The Hall–Kier alpha value is -4.16. The van der Waals surface area contributed by atoms with Gasteiger partial charge in [-0.25, -0.2) is 8.42 Å². The summed E-state index contributed by atoms with van der Waals surface area (Å²) in [6.07, 6.45) is -4.64. The standard InChI is InChI=1S/C33H31BrF3N3O4S/c1-2-38-32(42)30(20-24-10-5-3-6-11-24)39(22-25-16-18-27(34)19-17-25)31(41)23-40(45(43,44)29-14-7-4-8-15-29)28-13-9-12-26(21-28)33(35,36)37/h3-19,21,30H,2,20,22-23H2,1H3,(H,38,42)/t30-/m0/s1. The highest BCUT2D eigenvalue weighted by Gasteiger charge is 2.36. The first-order valence-electron chi connectivity index (χ1n) is 14.0. The van der Waals surface area contributed by atoms with Crippen LogP contribution in [0.1, 0.15) is 23.6 Å². The van der Waals surface area contributed by atoms with Crippen LogP contribution in [0.15, 0.2) is 119 Å². The molecule has 0 saturated carbocycles. The van der Waals surface area contributed by atoms with Gasteiger partial charge >= 0.3 is 6.18 Å². The molecular weight excluding hydrogens is 671 g/mol. The summed E-state index contributed by atoms with van der Waals surface area (Å²) in [5, 5.41) is 2.76. The summed E-state index contributed by atoms with van der Waals surface area (Å²) in [5.74, 6) is -1.23. The molecule has 0 bridgehead atoms. The predicted molar refractivity (Wildman–Crippen MR) is 170 cm³/mol. The Morgan fingerprint density at radius 2 is 1.47 bits per heavy atom. The van der Waals surface area contributed by atoms with Gasteiger partial charge in [-0.3, -0.25) is 13.9 Å². The van der Waals surface area contributed by atoms with E-state index in [1.165, 1.54) is 35.2 Å². The van der Waals surface area contributed by atoms with Crippen LogP contribution in [0.25, 0.3) is 0 Å². The van der Waals surface area contributed by atoms with E-state index >= 15 is 0 Å². The maximum atomic E-state index is 14.3. The summed E-state index contributed by atoms with van der Waals surface area (Å²) < 4.78 is 70.4. The predicted octanol–water partition coefficient (Wildman–Crippen LogP) is 6.44. The number of rotatable bonds is 12. The van der Waals surface area contributed by atoms with Crippen LogP contribution in [-0.2, 0) is 38.8 Å². The molecule has 0 unspecified atom stereocenters. The molecule has 4 aromatic rings. The monoisotopic (exact) mass is 701 g/mol. The molecule has 0 radical (unpaired) electrons. The smallest absolute Gasteiger partial charge is 0.355 e. The van der Waals surface area contributed by atoms with Gasteiger partial charge in [0, 0.05) is 24.0 Å². The number of halogens is 4.